The van der Waals surface area contributed by atoms with Crippen LogP contribution in [0.25, 0.3) is 0 Å². The second-order valence-corrected chi connectivity index (χ2v) is 6.36. The molecule has 0 aliphatic heterocycles. The van der Waals surface area contributed by atoms with Gasteiger partial charge in [-0.2, -0.15) is 0 Å². The van der Waals surface area contributed by atoms with Crippen LogP contribution in [0.2, 0.25) is 0 Å². The molecule has 86 valence electrons. The van der Waals surface area contributed by atoms with Gasteiger partial charge in [-0.25, -0.2) is 0 Å². The van der Waals surface area contributed by atoms with Crippen molar-refractivity contribution in [1.29, 1.82) is 0 Å². The van der Waals surface area contributed by atoms with Gasteiger partial charge in [0, 0.05) is 0 Å². The normalized spacial score (nSPS) is 49.8. The van der Waals surface area contributed by atoms with Crippen molar-refractivity contribution in [3.8, 4) is 0 Å². The topological polar surface area (TPSA) is 20.2 Å². The van der Waals surface area contributed by atoms with Crippen molar-refractivity contribution in [2.24, 2.45) is 23.7 Å². The van der Waals surface area contributed by atoms with Crippen LogP contribution in [-0.4, -0.2) is 11.2 Å². The molecule has 0 saturated heterocycles. The van der Waals surface area contributed by atoms with Crippen molar-refractivity contribution in [1.82, 2.24) is 0 Å². The van der Waals surface area contributed by atoms with Crippen LogP contribution < -0.4 is 0 Å². The Morgan fingerprint density at radius 2 is 1.87 bits per heavy atom. The largest absolute Gasteiger partial charge is 0.393 e. The summed E-state index contributed by atoms with van der Waals surface area (Å²) in [4.78, 5) is 0. The summed E-state index contributed by atoms with van der Waals surface area (Å²) in [6.45, 7) is 0. The molecule has 0 radical (unpaired) electrons. The highest BCUT2D eigenvalue weighted by Gasteiger charge is 2.40. The summed E-state index contributed by atoms with van der Waals surface area (Å²) in [7, 11) is 0. The highest BCUT2D eigenvalue weighted by atomic mass is 16.3. The van der Waals surface area contributed by atoms with Crippen molar-refractivity contribution in [3.05, 3.63) is 0 Å². The van der Waals surface area contributed by atoms with E-state index in [1.165, 1.54) is 38.5 Å². The van der Waals surface area contributed by atoms with Crippen LogP contribution in [0, 0.1) is 23.7 Å². The average molecular weight is 208 g/mol. The molecule has 0 aromatic carbocycles. The molecule has 5 unspecified atom stereocenters. The first-order chi connectivity index (χ1) is 7.31. The number of aliphatic hydroxyl groups is 1. The van der Waals surface area contributed by atoms with Gasteiger partial charge >= 0.3 is 0 Å². The molecule has 3 rings (SSSR count). The van der Waals surface area contributed by atoms with Crippen LogP contribution in [0.1, 0.15) is 57.8 Å². The molecule has 1 heteroatoms. The molecule has 3 aliphatic carbocycles. The molecule has 0 aromatic heterocycles. The van der Waals surface area contributed by atoms with Gasteiger partial charge in [0.15, 0.2) is 0 Å². The zero-order chi connectivity index (χ0) is 10.3. The Balaban J connectivity index is 1.52. The maximum Gasteiger partial charge on any atom is 0.0542 e. The Bertz CT molecular complexity index is 225. The van der Waals surface area contributed by atoms with E-state index in [-0.39, 0.29) is 6.10 Å². The molecular formula is C14H24O. The Morgan fingerprint density at radius 1 is 0.933 bits per heavy atom. The zero-order valence-electron chi connectivity index (χ0n) is 9.70. The monoisotopic (exact) mass is 208 g/mol. The van der Waals surface area contributed by atoms with Gasteiger partial charge in [0.1, 0.15) is 0 Å². The first-order valence-corrected chi connectivity index (χ1v) is 6.99. The van der Waals surface area contributed by atoms with Gasteiger partial charge in [0.25, 0.3) is 0 Å². The van der Waals surface area contributed by atoms with Gasteiger partial charge in [0.2, 0.25) is 0 Å². The maximum absolute atomic E-state index is 9.69. The fourth-order valence-electron chi connectivity index (χ4n) is 4.57. The third kappa shape index (κ3) is 2.08. The summed E-state index contributed by atoms with van der Waals surface area (Å²) < 4.78 is 0. The Labute approximate surface area is 93.3 Å². The minimum atomic E-state index is 0.0299. The number of fused-ring (bicyclic) bond motifs is 2. The zero-order valence-corrected chi connectivity index (χ0v) is 9.70. The molecule has 15 heavy (non-hydrogen) atoms. The summed E-state index contributed by atoms with van der Waals surface area (Å²) in [6.07, 6.45) is 12.4. The van der Waals surface area contributed by atoms with Gasteiger partial charge in [-0.05, 0) is 62.2 Å². The highest BCUT2D eigenvalue weighted by molar-refractivity contribution is 4.91. The van der Waals surface area contributed by atoms with Gasteiger partial charge in [-0.15, -0.1) is 0 Å². The van der Waals surface area contributed by atoms with Crippen LogP contribution in [-0.2, 0) is 0 Å². The summed E-state index contributed by atoms with van der Waals surface area (Å²) in [6, 6.07) is 0. The minimum Gasteiger partial charge on any atom is -0.393 e. The molecule has 0 spiro atoms. The van der Waals surface area contributed by atoms with E-state index in [2.05, 4.69) is 0 Å². The lowest BCUT2D eigenvalue weighted by molar-refractivity contribution is 0.0874. The third-order valence-corrected chi connectivity index (χ3v) is 5.28. The van der Waals surface area contributed by atoms with Crippen LogP contribution >= 0.6 is 0 Å². The van der Waals surface area contributed by atoms with Crippen LogP contribution in [0.5, 0.6) is 0 Å². The van der Waals surface area contributed by atoms with Crippen LogP contribution in [0.15, 0.2) is 0 Å². The van der Waals surface area contributed by atoms with Gasteiger partial charge in [-0.3, -0.25) is 0 Å². The lowest BCUT2D eigenvalue weighted by Gasteiger charge is -2.31. The van der Waals surface area contributed by atoms with Crippen molar-refractivity contribution in [3.63, 3.8) is 0 Å². The number of hydrogen-bond acceptors (Lipinski definition) is 1. The summed E-state index contributed by atoms with van der Waals surface area (Å²) >= 11 is 0. The Hall–Kier alpha value is -0.0400. The number of rotatable bonds is 2. The molecule has 0 amide bonds. The SMILES string of the molecule is OC1CCCC(CC2CC3CCC2C3)C1. The molecule has 5 atom stereocenters. The predicted molar refractivity (Wildman–Crippen MR) is 61.5 cm³/mol. The van der Waals surface area contributed by atoms with Gasteiger partial charge in [0.05, 0.1) is 6.10 Å². The highest BCUT2D eigenvalue weighted by Crippen LogP contribution is 2.51. The molecule has 1 nitrogen and oxygen atoms in total. The fraction of sp³-hybridized carbons (Fsp3) is 1.00. The molecule has 3 saturated carbocycles. The van der Waals surface area contributed by atoms with E-state index in [0.29, 0.717) is 0 Å². The van der Waals surface area contributed by atoms with E-state index in [4.69, 9.17) is 0 Å². The minimum absolute atomic E-state index is 0.0299. The fourth-order valence-corrected chi connectivity index (χ4v) is 4.57. The van der Waals surface area contributed by atoms with E-state index in [9.17, 15) is 5.11 Å². The van der Waals surface area contributed by atoms with Gasteiger partial charge in [-0.1, -0.05) is 19.3 Å². The molecule has 2 bridgehead atoms. The maximum atomic E-state index is 9.69. The van der Waals surface area contributed by atoms with E-state index in [1.54, 1.807) is 6.42 Å². The van der Waals surface area contributed by atoms with Gasteiger partial charge < -0.3 is 5.11 Å². The lowest BCUT2D eigenvalue weighted by atomic mass is 9.76. The molecule has 3 aliphatic rings. The lowest BCUT2D eigenvalue weighted by Crippen LogP contribution is -2.23. The Morgan fingerprint density at radius 3 is 2.53 bits per heavy atom. The van der Waals surface area contributed by atoms with Crippen molar-refractivity contribution in [2.45, 2.75) is 63.9 Å². The average Bonchev–Trinajstić information content (AvgIpc) is 2.79. The second kappa shape index (κ2) is 4.08. The van der Waals surface area contributed by atoms with E-state index in [1.807, 2.05) is 0 Å². The summed E-state index contributed by atoms with van der Waals surface area (Å²) in [5.74, 6) is 4.07. The van der Waals surface area contributed by atoms with Crippen molar-refractivity contribution < 1.29 is 5.11 Å². The van der Waals surface area contributed by atoms with Crippen molar-refractivity contribution in [2.75, 3.05) is 0 Å². The standard InChI is InChI=1S/C14H24O/c15-14-3-1-2-10(9-14)7-13-8-11-4-5-12(13)6-11/h10-15H,1-9H2. The molecule has 0 heterocycles. The predicted octanol–water partition coefficient (Wildman–Crippen LogP) is 3.36. The van der Waals surface area contributed by atoms with Crippen molar-refractivity contribution >= 4 is 0 Å². The van der Waals surface area contributed by atoms with E-state index >= 15 is 0 Å². The quantitative estimate of drug-likeness (QED) is 0.737. The first kappa shape index (κ1) is 10.1. The smallest absolute Gasteiger partial charge is 0.0542 e. The number of hydrogen-bond donors (Lipinski definition) is 1. The molecule has 1 N–H and O–H groups in total. The second-order valence-electron chi connectivity index (χ2n) is 6.36. The third-order valence-electron chi connectivity index (χ3n) is 5.28. The summed E-state index contributed by atoms with van der Waals surface area (Å²) in [5, 5.41) is 9.69. The van der Waals surface area contributed by atoms with E-state index < -0.39 is 0 Å². The van der Waals surface area contributed by atoms with E-state index in [0.717, 1.165) is 36.5 Å². The summed E-state index contributed by atoms with van der Waals surface area (Å²) in [5.41, 5.74) is 0. The molecule has 0 aromatic rings. The Kier molecular flexibility index (Phi) is 2.76. The first-order valence-electron chi connectivity index (χ1n) is 6.99. The molecular weight excluding hydrogens is 184 g/mol. The van der Waals surface area contributed by atoms with Crippen LogP contribution in [0.4, 0.5) is 0 Å². The molecule has 3 fully saturated rings. The number of aliphatic hydroxyl groups excluding tert-OH is 1. The van der Waals surface area contributed by atoms with Crippen LogP contribution in [0.3, 0.4) is 0 Å².